The molecule has 0 amide bonds. The average molecular weight is 185 g/mol. The summed E-state index contributed by atoms with van der Waals surface area (Å²) in [4.78, 5) is 0. The van der Waals surface area contributed by atoms with E-state index in [1.54, 1.807) is 0 Å². The Kier molecular flexibility index (Phi) is 2.80. The minimum absolute atomic E-state index is 0.654. The third-order valence-corrected chi connectivity index (χ3v) is 2.18. The van der Waals surface area contributed by atoms with E-state index in [9.17, 15) is 0 Å². The van der Waals surface area contributed by atoms with Crippen molar-refractivity contribution in [1.82, 2.24) is 0 Å². The van der Waals surface area contributed by atoms with Crippen LogP contribution < -0.4 is 0 Å². The minimum atomic E-state index is 0.654. The van der Waals surface area contributed by atoms with Gasteiger partial charge in [0.1, 0.15) is 0 Å². The van der Waals surface area contributed by atoms with Crippen LogP contribution in [0.5, 0.6) is 0 Å². The van der Waals surface area contributed by atoms with Gasteiger partial charge in [-0.2, -0.15) is 0 Å². The summed E-state index contributed by atoms with van der Waals surface area (Å²) in [5, 5.41) is 2.39. The number of hydrogen-bond donors (Lipinski definition) is 0. The van der Waals surface area contributed by atoms with Gasteiger partial charge >= 0.3 is 0 Å². The van der Waals surface area contributed by atoms with Gasteiger partial charge in [0.05, 0.1) is 6.61 Å². The van der Waals surface area contributed by atoms with Gasteiger partial charge in [-0.3, -0.25) is 0 Å². The summed E-state index contributed by atoms with van der Waals surface area (Å²) in [6.45, 7) is 3.41. The SMILES string of the molecule is CCOCc1[c]c2ccccc2cc1. The summed E-state index contributed by atoms with van der Waals surface area (Å²) in [6, 6.07) is 15.8. The van der Waals surface area contributed by atoms with Gasteiger partial charge in [-0.15, -0.1) is 0 Å². The molecule has 0 spiro atoms. The van der Waals surface area contributed by atoms with Crippen molar-refractivity contribution in [1.29, 1.82) is 0 Å². The topological polar surface area (TPSA) is 9.23 Å². The van der Waals surface area contributed by atoms with Gasteiger partial charge in [0.25, 0.3) is 0 Å². The Hall–Kier alpha value is -1.34. The van der Waals surface area contributed by atoms with Gasteiger partial charge in [0, 0.05) is 6.61 Å². The molecule has 0 saturated heterocycles. The molecule has 2 aromatic carbocycles. The zero-order valence-electron chi connectivity index (χ0n) is 8.29. The number of fused-ring (bicyclic) bond motifs is 1. The van der Waals surface area contributed by atoms with E-state index in [4.69, 9.17) is 4.74 Å². The van der Waals surface area contributed by atoms with Crippen molar-refractivity contribution in [3.05, 3.63) is 48.0 Å². The van der Waals surface area contributed by atoms with E-state index in [1.165, 1.54) is 5.39 Å². The summed E-state index contributed by atoms with van der Waals surface area (Å²) >= 11 is 0. The number of benzene rings is 2. The maximum Gasteiger partial charge on any atom is 0.0722 e. The molecule has 0 aliphatic heterocycles. The lowest BCUT2D eigenvalue weighted by Crippen LogP contribution is -1.91. The highest BCUT2D eigenvalue weighted by Gasteiger charge is 1.95. The molecular weight excluding hydrogens is 172 g/mol. The molecule has 0 aliphatic rings. The van der Waals surface area contributed by atoms with E-state index in [-0.39, 0.29) is 0 Å². The van der Waals surface area contributed by atoms with Crippen LogP contribution in [0.4, 0.5) is 0 Å². The molecule has 0 N–H and O–H groups in total. The Balaban J connectivity index is 2.32. The second-order valence-electron chi connectivity index (χ2n) is 3.21. The van der Waals surface area contributed by atoms with E-state index >= 15 is 0 Å². The summed E-state index contributed by atoms with van der Waals surface area (Å²) in [7, 11) is 0. The van der Waals surface area contributed by atoms with Crippen molar-refractivity contribution in [3.63, 3.8) is 0 Å². The lowest BCUT2D eigenvalue weighted by atomic mass is 10.1. The molecule has 0 unspecified atom stereocenters. The number of rotatable bonds is 3. The Morgan fingerprint density at radius 1 is 1.14 bits per heavy atom. The summed E-state index contributed by atoms with van der Waals surface area (Å²) < 4.78 is 5.34. The maximum absolute atomic E-state index is 5.34. The van der Waals surface area contributed by atoms with Crippen molar-refractivity contribution < 1.29 is 4.74 Å². The van der Waals surface area contributed by atoms with E-state index in [0.717, 1.165) is 17.6 Å². The van der Waals surface area contributed by atoms with Crippen LogP contribution in [0.1, 0.15) is 12.5 Å². The fourth-order valence-electron chi connectivity index (χ4n) is 1.46. The smallest absolute Gasteiger partial charge is 0.0722 e. The highest BCUT2D eigenvalue weighted by atomic mass is 16.5. The fraction of sp³-hybridized carbons (Fsp3) is 0.231. The molecule has 0 aliphatic carbocycles. The zero-order valence-corrected chi connectivity index (χ0v) is 8.29. The van der Waals surface area contributed by atoms with Gasteiger partial charge in [-0.05, 0) is 29.3 Å². The molecule has 2 rings (SSSR count). The van der Waals surface area contributed by atoms with Gasteiger partial charge < -0.3 is 4.74 Å². The third kappa shape index (κ3) is 1.94. The van der Waals surface area contributed by atoms with Gasteiger partial charge in [0.2, 0.25) is 0 Å². The van der Waals surface area contributed by atoms with Crippen molar-refractivity contribution in [2.24, 2.45) is 0 Å². The van der Waals surface area contributed by atoms with E-state index in [0.29, 0.717) is 6.61 Å². The molecule has 2 aromatic rings. The number of ether oxygens (including phenoxy) is 1. The molecule has 0 bridgehead atoms. The quantitative estimate of drug-likeness (QED) is 0.713. The molecule has 0 saturated carbocycles. The van der Waals surface area contributed by atoms with Crippen molar-refractivity contribution in [3.8, 4) is 0 Å². The van der Waals surface area contributed by atoms with Gasteiger partial charge in [-0.1, -0.05) is 36.4 Å². The Labute approximate surface area is 84.3 Å². The maximum atomic E-state index is 5.34. The van der Waals surface area contributed by atoms with Crippen LogP contribution in [0.2, 0.25) is 0 Å². The first kappa shape index (κ1) is 9.22. The molecule has 1 radical (unpaired) electrons. The van der Waals surface area contributed by atoms with Crippen molar-refractivity contribution in [2.75, 3.05) is 6.61 Å². The van der Waals surface area contributed by atoms with E-state index in [1.807, 2.05) is 19.1 Å². The van der Waals surface area contributed by atoms with E-state index < -0.39 is 0 Å². The highest BCUT2D eigenvalue weighted by Crippen LogP contribution is 2.15. The van der Waals surface area contributed by atoms with Crippen molar-refractivity contribution >= 4 is 10.8 Å². The standard InChI is InChI=1S/C13H13O/c1-2-14-10-11-7-8-12-5-3-4-6-13(12)9-11/h3-8H,2,10H2,1H3. The minimum Gasteiger partial charge on any atom is -0.377 e. The van der Waals surface area contributed by atoms with Crippen LogP contribution in [0.15, 0.2) is 36.4 Å². The zero-order chi connectivity index (χ0) is 9.80. The largest absolute Gasteiger partial charge is 0.377 e. The second-order valence-corrected chi connectivity index (χ2v) is 3.21. The monoisotopic (exact) mass is 185 g/mol. The van der Waals surface area contributed by atoms with Crippen LogP contribution in [-0.2, 0) is 11.3 Å². The Bertz CT molecular complexity index is 420. The first-order chi connectivity index (χ1) is 6.90. The molecule has 14 heavy (non-hydrogen) atoms. The van der Waals surface area contributed by atoms with Crippen molar-refractivity contribution in [2.45, 2.75) is 13.5 Å². The molecule has 0 atom stereocenters. The van der Waals surface area contributed by atoms with Crippen LogP contribution >= 0.6 is 0 Å². The Morgan fingerprint density at radius 3 is 2.86 bits per heavy atom. The normalized spacial score (nSPS) is 10.6. The highest BCUT2D eigenvalue weighted by molar-refractivity contribution is 5.82. The van der Waals surface area contributed by atoms with E-state index in [2.05, 4.69) is 30.3 Å². The Morgan fingerprint density at radius 2 is 2.00 bits per heavy atom. The second kappa shape index (κ2) is 4.25. The average Bonchev–Trinajstić information content (AvgIpc) is 2.26. The predicted molar refractivity (Wildman–Crippen MR) is 58.1 cm³/mol. The molecule has 0 fully saturated rings. The van der Waals surface area contributed by atoms with Crippen LogP contribution in [0, 0.1) is 6.07 Å². The van der Waals surface area contributed by atoms with Crippen LogP contribution in [-0.4, -0.2) is 6.61 Å². The van der Waals surface area contributed by atoms with Crippen LogP contribution in [0.25, 0.3) is 10.8 Å². The van der Waals surface area contributed by atoms with Crippen LogP contribution in [0.3, 0.4) is 0 Å². The molecule has 0 aromatic heterocycles. The fourth-order valence-corrected chi connectivity index (χ4v) is 1.46. The summed E-state index contributed by atoms with van der Waals surface area (Å²) in [5.74, 6) is 0. The molecule has 0 heterocycles. The van der Waals surface area contributed by atoms with Gasteiger partial charge in [-0.25, -0.2) is 0 Å². The lowest BCUT2D eigenvalue weighted by molar-refractivity contribution is 0.134. The molecule has 71 valence electrons. The third-order valence-electron chi connectivity index (χ3n) is 2.18. The number of hydrogen-bond acceptors (Lipinski definition) is 1. The molecule has 1 heteroatoms. The lowest BCUT2D eigenvalue weighted by Gasteiger charge is -2.02. The summed E-state index contributed by atoms with van der Waals surface area (Å²) in [5.41, 5.74) is 1.12. The first-order valence-corrected chi connectivity index (χ1v) is 4.88. The van der Waals surface area contributed by atoms with Gasteiger partial charge in [0.15, 0.2) is 0 Å². The molecular formula is C13H13O. The summed E-state index contributed by atoms with van der Waals surface area (Å²) in [6.07, 6.45) is 0. The molecule has 1 nitrogen and oxygen atoms in total. The first-order valence-electron chi connectivity index (χ1n) is 4.88. The predicted octanol–water partition coefficient (Wildman–Crippen LogP) is 3.18.